The smallest absolute Gasteiger partial charge is 0.330 e. The van der Waals surface area contributed by atoms with Crippen LogP contribution < -0.4 is 0 Å². The summed E-state index contributed by atoms with van der Waals surface area (Å²) in [5.41, 5.74) is 0.469. The van der Waals surface area contributed by atoms with Gasteiger partial charge in [0.1, 0.15) is 0 Å². The molecule has 3 heteroatoms. The van der Waals surface area contributed by atoms with Gasteiger partial charge >= 0.3 is 5.97 Å². The van der Waals surface area contributed by atoms with Gasteiger partial charge in [-0.25, -0.2) is 4.79 Å². The zero-order valence-corrected chi connectivity index (χ0v) is 11.8. The molecule has 0 aromatic heterocycles. The van der Waals surface area contributed by atoms with Crippen molar-refractivity contribution >= 4 is 18.6 Å². The molecule has 0 rings (SSSR count). The molecule has 0 radical (unpaired) electrons. The van der Waals surface area contributed by atoms with E-state index < -0.39 is 5.97 Å². The Hall–Kier alpha value is -0.440. The highest BCUT2D eigenvalue weighted by atomic mass is 32.1. The summed E-state index contributed by atoms with van der Waals surface area (Å²) in [6, 6.07) is 0. The lowest BCUT2D eigenvalue weighted by Gasteiger charge is -2.00. The van der Waals surface area contributed by atoms with Gasteiger partial charge in [0, 0.05) is 5.57 Å². The topological polar surface area (TPSA) is 37.3 Å². The standard InChI is InChI=1S/C14H26O2S/c1-13(14(15)16)11-9-7-5-3-2-4-6-8-10-12-17/h11,17H,2-10,12H2,1H3,(H,15,16). The number of allylic oxidation sites excluding steroid dienone is 1. The number of rotatable bonds is 11. The molecule has 0 saturated carbocycles. The van der Waals surface area contributed by atoms with Crippen molar-refractivity contribution in [3.8, 4) is 0 Å². The second-order valence-corrected chi connectivity index (χ2v) is 4.98. The Morgan fingerprint density at radius 1 is 1.00 bits per heavy atom. The van der Waals surface area contributed by atoms with Gasteiger partial charge < -0.3 is 5.11 Å². The molecule has 0 fully saturated rings. The van der Waals surface area contributed by atoms with Gasteiger partial charge in [0.2, 0.25) is 0 Å². The molecule has 2 nitrogen and oxygen atoms in total. The molecule has 0 unspecified atom stereocenters. The number of hydrogen-bond acceptors (Lipinski definition) is 2. The van der Waals surface area contributed by atoms with Crippen LogP contribution in [0.25, 0.3) is 0 Å². The number of carboxylic acids is 1. The highest BCUT2D eigenvalue weighted by Gasteiger charge is 1.97. The normalized spacial score (nSPS) is 11.8. The summed E-state index contributed by atoms with van der Waals surface area (Å²) < 4.78 is 0. The third-order valence-electron chi connectivity index (χ3n) is 2.90. The van der Waals surface area contributed by atoms with Crippen LogP contribution in [0.1, 0.15) is 64.7 Å². The van der Waals surface area contributed by atoms with E-state index in [0.717, 1.165) is 18.6 Å². The van der Waals surface area contributed by atoms with Crippen LogP contribution in [0, 0.1) is 0 Å². The minimum Gasteiger partial charge on any atom is -0.478 e. The Bertz CT molecular complexity index is 224. The Labute approximate surface area is 111 Å². The van der Waals surface area contributed by atoms with Gasteiger partial charge in [-0.2, -0.15) is 12.6 Å². The van der Waals surface area contributed by atoms with Crippen molar-refractivity contribution in [2.24, 2.45) is 0 Å². The third kappa shape index (κ3) is 11.8. The summed E-state index contributed by atoms with van der Waals surface area (Å²) in [4.78, 5) is 10.5. The monoisotopic (exact) mass is 258 g/mol. The molecule has 0 bridgehead atoms. The summed E-state index contributed by atoms with van der Waals surface area (Å²) in [6.45, 7) is 1.66. The molecule has 0 heterocycles. The van der Waals surface area contributed by atoms with Gasteiger partial charge in [0.25, 0.3) is 0 Å². The van der Waals surface area contributed by atoms with Gasteiger partial charge in [-0.3, -0.25) is 0 Å². The van der Waals surface area contributed by atoms with Crippen LogP contribution >= 0.6 is 12.6 Å². The van der Waals surface area contributed by atoms with E-state index in [-0.39, 0.29) is 0 Å². The molecular weight excluding hydrogens is 232 g/mol. The molecule has 100 valence electrons. The van der Waals surface area contributed by atoms with Crippen LogP contribution in [0.5, 0.6) is 0 Å². The largest absolute Gasteiger partial charge is 0.478 e. The first-order valence-corrected chi connectivity index (χ1v) is 7.32. The Kier molecular flexibility index (Phi) is 11.7. The van der Waals surface area contributed by atoms with Gasteiger partial charge in [-0.1, -0.05) is 44.6 Å². The first-order chi connectivity index (χ1) is 8.18. The summed E-state index contributed by atoms with van der Waals surface area (Å²) in [7, 11) is 0. The van der Waals surface area contributed by atoms with Crippen molar-refractivity contribution < 1.29 is 9.90 Å². The van der Waals surface area contributed by atoms with Gasteiger partial charge in [-0.05, 0) is 31.9 Å². The fourth-order valence-corrected chi connectivity index (χ4v) is 1.95. The zero-order valence-electron chi connectivity index (χ0n) is 11.0. The van der Waals surface area contributed by atoms with Gasteiger partial charge in [-0.15, -0.1) is 0 Å². The highest BCUT2D eigenvalue weighted by Crippen LogP contribution is 2.10. The Balaban J connectivity index is 3.19. The number of unbranched alkanes of at least 4 members (excludes halogenated alkanes) is 8. The highest BCUT2D eigenvalue weighted by molar-refractivity contribution is 7.80. The minimum absolute atomic E-state index is 0.469. The van der Waals surface area contributed by atoms with E-state index in [4.69, 9.17) is 5.11 Å². The van der Waals surface area contributed by atoms with Crippen molar-refractivity contribution in [3.05, 3.63) is 11.6 Å². The van der Waals surface area contributed by atoms with Crippen molar-refractivity contribution in [1.29, 1.82) is 0 Å². The molecule has 17 heavy (non-hydrogen) atoms. The Morgan fingerprint density at radius 3 is 1.94 bits per heavy atom. The second-order valence-electron chi connectivity index (χ2n) is 4.53. The number of hydrogen-bond donors (Lipinski definition) is 2. The number of aliphatic carboxylic acids is 1. The molecule has 0 aliphatic rings. The SMILES string of the molecule is CC(=CCCCCCCCCCCS)C(=O)O. The van der Waals surface area contributed by atoms with Crippen LogP contribution in [-0.4, -0.2) is 16.8 Å². The zero-order chi connectivity index (χ0) is 12.9. The minimum atomic E-state index is -0.797. The molecule has 0 atom stereocenters. The van der Waals surface area contributed by atoms with E-state index in [1.165, 1.54) is 44.9 Å². The molecular formula is C14H26O2S. The Morgan fingerprint density at radius 2 is 1.47 bits per heavy atom. The lowest BCUT2D eigenvalue weighted by atomic mass is 10.1. The summed E-state index contributed by atoms with van der Waals surface area (Å²) in [5.74, 6) is 0.212. The van der Waals surface area contributed by atoms with E-state index >= 15 is 0 Å². The van der Waals surface area contributed by atoms with Crippen molar-refractivity contribution in [2.75, 3.05) is 5.75 Å². The van der Waals surface area contributed by atoms with Crippen molar-refractivity contribution in [1.82, 2.24) is 0 Å². The predicted molar refractivity (Wildman–Crippen MR) is 76.8 cm³/mol. The second kappa shape index (κ2) is 12.0. The van der Waals surface area contributed by atoms with Gasteiger partial charge in [0.15, 0.2) is 0 Å². The van der Waals surface area contributed by atoms with E-state index in [1.807, 2.05) is 6.08 Å². The number of carboxylic acid groups (broad SMARTS) is 1. The molecule has 0 saturated heterocycles. The first-order valence-electron chi connectivity index (χ1n) is 6.69. The molecule has 0 aromatic rings. The fourth-order valence-electron chi connectivity index (χ4n) is 1.72. The van der Waals surface area contributed by atoms with Crippen LogP contribution in [0.2, 0.25) is 0 Å². The van der Waals surface area contributed by atoms with Gasteiger partial charge in [0.05, 0.1) is 0 Å². The molecule has 1 N–H and O–H groups in total. The quantitative estimate of drug-likeness (QED) is 0.326. The van der Waals surface area contributed by atoms with Crippen molar-refractivity contribution in [2.45, 2.75) is 64.7 Å². The molecule has 0 aliphatic carbocycles. The summed E-state index contributed by atoms with van der Waals surface area (Å²) >= 11 is 4.19. The van der Waals surface area contributed by atoms with Crippen LogP contribution in [0.3, 0.4) is 0 Å². The molecule has 0 amide bonds. The summed E-state index contributed by atoms with van der Waals surface area (Å²) in [5, 5.41) is 8.65. The van der Waals surface area contributed by atoms with E-state index in [9.17, 15) is 4.79 Å². The first kappa shape index (κ1) is 16.6. The molecule has 0 aliphatic heterocycles. The van der Waals surface area contributed by atoms with Crippen LogP contribution in [0.4, 0.5) is 0 Å². The number of thiol groups is 1. The fraction of sp³-hybridized carbons (Fsp3) is 0.786. The lowest BCUT2D eigenvalue weighted by molar-refractivity contribution is -0.132. The van der Waals surface area contributed by atoms with Crippen LogP contribution in [0.15, 0.2) is 11.6 Å². The number of carbonyl (C=O) groups is 1. The third-order valence-corrected chi connectivity index (χ3v) is 3.22. The average molecular weight is 258 g/mol. The molecule has 0 aromatic carbocycles. The van der Waals surface area contributed by atoms with E-state index in [1.54, 1.807) is 6.92 Å². The van der Waals surface area contributed by atoms with Crippen molar-refractivity contribution in [3.63, 3.8) is 0 Å². The predicted octanol–water partition coefficient (Wildman–Crippen LogP) is 4.46. The average Bonchev–Trinajstić information content (AvgIpc) is 2.31. The maximum atomic E-state index is 10.5. The van der Waals surface area contributed by atoms with E-state index in [2.05, 4.69) is 12.6 Å². The van der Waals surface area contributed by atoms with Crippen LogP contribution in [-0.2, 0) is 4.79 Å². The summed E-state index contributed by atoms with van der Waals surface area (Å²) in [6.07, 6.45) is 12.9. The molecule has 0 spiro atoms. The lowest BCUT2D eigenvalue weighted by Crippen LogP contribution is -1.95. The van der Waals surface area contributed by atoms with E-state index in [0.29, 0.717) is 5.57 Å². The maximum absolute atomic E-state index is 10.5. The maximum Gasteiger partial charge on any atom is 0.330 e.